The van der Waals surface area contributed by atoms with Gasteiger partial charge in [-0.1, -0.05) is 0 Å². The number of rotatable bonds is 3. The van der Waals surface area contributed by atoms with Gasteiger partial charge in [-0.2, -0.15) is 0 Å². The number of anilines is 1. The van der Waals surface area contributed by atoms with Crippen molar-refractivity contribution in [3.05, 3.63) is 17.6 Å². The molecule has 3 rings (SSSR count). The van der Waals surface area contributed by atoms with Gasteiger partial charge in [0.25, 0.3) is 0 Å². The fraction of sp³-hybridized carbons (Fsp3) is 0.667. The van der Waals surface area contributed by atoms with Crippen LogP contribution in [0.3, 0.4) is 0 Å². The fourth-order valence-corrected chi connectivity index (χ4v) is 3.15. The van der Waals surface area contributed by atoms with Gasteiger partial charge in [0.1, 0.15) is 11.6 Å². The van der Waals surface area contributed by atoms with Gasteiger partial charge in [0, 0.05) is 43.7 Å². The van der Waals surface area contributed by atoms with Gasteiger partial charge in [-0.3, -0.25) is 4.79 Å². The first kappa shape index (κ1) is 14.3. The first-order valence-electron chi connectivity index (χ1n) is 7.57. The Balaban J connectivity index is 1.72. The van der Waals surface area contributed by atoms with Gasteiger partial charge in [-0.15, -0.1) is 0 Å². The van der Waals surface area contributed by atoms with Gasteiger partial charge in [0.2, 0.25) is 5.91 Å². The van der Waals surface area contributed by atoms with Crippen LogP contribution in [0.15, 0.2) is 6.07 Å². The molecule has 2 fully saturated rings. The van der Waals surface area contributed by atoms with Crippen LogP contribution in [0.5, 0.6) is 0 Å². The van der Waals surface area contributed by atoms with Crippen molar-refractivity contribution in [1.82, 2.24) is 15.3 Å². The summed E-state index contributed by atoms with van der Waals surface area (Å²) in [6.45, 7) is 5.15. The molecule has 2 heterocycles. The van der Waals surface area contributed by atoms with E-state index in [-0.39, 0.29) is 18.1 Å². The maximum absolute atomic E-state index is 11.1. The third kappa shape index (κ3) is 3.15. The Morgan fingerprint density at radius 2 is 2.19 bits per heavy atom. The zero-order chi connectivity index (χ0) is 15.0. The van der Waals surface area contributed by atoms with Crippen molar-refractivity contribution in [2.45, 2.75) is 51.2 Å². The van der Waals surface area contributed by atoms with Crippen LogP contribution >= 0.6 is 0 Å². The minimum Gasteiger partial charge on any atom is -0.393 e. The lowest BCUT2D eigenvalue weighted by Gasteiger charge is -2.31. The van der Waals surface area contributed by atoms with Crippen LogP contribution < -0.4 is 10.2 Å². The SMILES string of the molecule is CC(=O)N[C@H]1CCN(c2cc(C3CC(O)C3)nc(C)n2)C1. The Labute approximate surface area is 124 Å². The molecule has 2 aliphatic rings. The van der Waals surface area contributed by atoms with Crippen LogP contribution in [0.2, 0.25) is 0 Å². The van der Waals surface area contributed by atoms with Crippen molar-refractivity contribution >= 4 is 11.7 Å². The van der Waals surface area contributed by atoms with E-state index in [2.05, 4.69) is 20.2 Å². The fourth-order valence-electron chi connectivity index (χ4n) is 3.15. The Morgan fingerprint density at radius 3 is 2.86 bits per heavy atom. The van der Waals surface area contributed by atoms with E-state index in [1.165, 1.54) is 0 Å². The normalized spacial score (nSPS) is 28.3. The van der Waals surface area contributed by atoms with Gasteiger partial charge < -0.3 is 15.3 Å². The van der Waals surface area contributed by atoms with Crippen LogP contribution in [0.25, 0.3) is 0 Å². The monoisotopic (exact) mass is 290 g/mol. The van der Waals surface area contributed by atoms with Gasteiger partial charge in [-0.05, 0) is 26.2 Å². The van der Waals surface area contributed by atoms with Gasteiger partial charge in [-0.25, -0.2) is 9.97 Å². The molecule has 6 heteroatoms. The van der Waals surface area contributed by atoms with Crippen LogP contribution in [0, 0.1) is 6.92 Å². The minimum absolute atomic E-state index is 0.0184. The number of hydrogen-bond acceptors (Lipinski definition) is 5. The Kier molecular flexibility index (Phi) is 3.80. The molecule has 0 bridgehead atoms. The summed E-state index contributed by atoms with van der Waals surface area (Å²) in [7, 11) is 0. The van der Waals surface area contributed by atoms with Crippen LogP contribution in [-0.2, 0) is 4.79 Å². The van der Waals surface area contributed by atoms with Crippen molar-refractivity contribution in [2.75, 3.05) is 18.0 Å². The third-order valence-corrected chi connectivity index (χ3v) is 4.30. The van der Waals surface area contributed by atoms with Gasteiger partial charge in [0.05, 0.1) is 6.10 Å². The first-order valence-corrected chi connectivity index (χ1v) is 7.57. The van der Waals surface area contributed by atoms with E-state index >= 15 is 0 Å². The molecule has 6 nitrogen and oxygen atoms in total. The smallest absolute Gasteiger partial charge is 0.217 e. The van der Waals surface area contributed by atoms with E-state index < -0.39 is 0 Å². The summed E-state index contributed by atoms with van der Waals surface area (Å²) < 4.78 is 0. The van der Waals surface area contributed by atoms with E-state index in [1.807, 2.05) is 13.0 Å². The van der Waals surface area contributed by atoms with E-state index in [0.29, 0.717) is 5.92 Å². The molecule has 1 aromatic heterocycles. The number of carbonyl (C=O) groups is 1. The highest BCUT2D eigenvalue weighted by Gasteiger charge is 2.31. The minimum atomic E-state index is -0.176. The van der Waals surface area contributed by atoms with E-state index in [0.717, 1.165) is 49.7 Å². The number of nitrogens with one attached hydrogen (secondary N) is 1. The molecule has 0 spiro atoms. The molecule has 1 aliphatic heterocycles. The molecule has 1 aliphatic carbocycles. The highest BCUT2D eigenvalue weighted by molar-refractivity contribution is 5.73. The van der Waals surface area contributed by atoms with Crippen molar-refractivity contribution in [3.63, 3.8) is 0 Å². The molecule has 1 aromatic rings. The number of nitrogens with zero attached hydrogens (tertiary/aromatic N) is 3. The Bertz CT molecular complexity index is 542. The molecule has 0 aromatic carbocycles. The molecule has 1 saturated heterocycles. The first-order chi connectivity index (χ1) is 10.0. The molecule has 2 N–H and O–H groups in total. The van der Waals surface area contributed by atoms with Crippen LogP contribution in [0.1, 0.15) is 43.6 Å². The van der Waals surface area contributed by atoms with Crippen molar-refractivity contribution in [2.24, 2.45) is 0 Å². The molecule has 1 atom stereocenters. The van der Waals surface area contributed by atoms with Crippen LogP contribution in [0.4, 0.5) is 5.82 Å². The average Bonchev–Trinajstić information content (AvgIpc) is 2.82. The summed E-state index contributed by atoms with van der Waals surface area (Å²) in [5, 5.41) is 12.4. The molecular formula is C15H22N4O2. The number of amides is 1. The van der Waals surface area contributed by atoms with Crippen molar-refractivity contribution in [3.8, 4) is 0 Å². The number of hydrogen-bond donors (Lipinski definition) is 2. The summed E-state index contributed by atoms with van der Waals surface area (Å²) in [4.78, 5) is 22.4. The summed E-state index contributed by atoms with van der Waals surface area (Å²) in [5.74, 6) is 2.08. The number of aliphatic hydroxyl groups is 1. The maximum Gasteiger partial charge on any atom is 0.217 e. The second-order valence-electron chi connectivity index (χ2n) is 6.15. The lowest BCUT2D eigenvalue weighted by atomic mass is 9.80. The summed E-state index contributed by atoms with van der Waals surface area (Å²) in [6, 6.07) is 2.24. The molecule has 1 amide bonds. The Hall–Kier alpha value is -1.69. The predicted octanol–water partition coefficient (Wildman–Crippen LogP) is 0.738. The second-order valence-corrected chi connectivity index (χ2v) is 6.15. The maximum atomic E-state index is 11.1. The largest absolute Gasteiger partial charge is 0.393 e. The highest BCUT2D eigenvalue weighted by Crippen LogP contribution is 2.36. The third-order valence-electron chi connectivity index (χ3n) is 4.30. The summed E-state index contributed by atoms with van der Waals surface area (Å²) >= 11 is 0. The molecule has 0 radical (unpaired) electrons. The zero-order valence-electron chi connectivity index (χ0n) is 12.5. The second kappa shape index (κ2) is 5.60. The number of aliphatic hydroxyl groups excluding tert-OH is 1. The quantitative estimate of drug-likeness (QED) is 0.858. The van der Waals surface area contributed by atoms with E-state index in [9.17, 15) is 9.90 Å². The summed E-state index contributed by atoms with van der Waals surface area (Å²) in [6.07, 6.45) is 2.36. The Morgan fingerprint density at radius 1 is 1.43 bits per heavy atom. The average molecular weight is 290 g/mol. The van der Waals surface area contributed by atoms with Gasteiger partial charge in [0.15, 0.2) is 0 Å². The number of aromatic nitrogens is 2. The molecule has 0 unspecified atom stereocenters. The van der Waals surface area contributed by atoms with Crippen molar-refractivity contribution < 1.29 is 9.90 Å². The van der Waals surface area contributed by atoms with Gasteiger partial charge >= 0.3 is 0 Å². The van der Waals surface area contributed by atoms with E-state index in [4.69, 9.17) is 0 Å². The van der Waals surface area contributed by atoms with Crippen LogP contribution in [-0.4, -0.2) is 46.2 Å². The topological polar surface area (TPSA) is 78.4 Å². The lowest BCUT2D eigenvalue weighted by Crippen LogP contribution is -2.35. The standard InChI is InChI=1S/C15H22N4O2/c1-9-16-14(11-5-13(21)6-11)7-15(17-9)19-4-3-12(8-19)18-10(2)20/h7,11-13,21H,3-6,8H2,1-2H3,(H,18,20)/t11?,12-,13?/m0/s1. The molecule has 21 heavy (non-hydrogen) atoms. The predicted molar refractivity (Wildman–Crippen MR) is 79.2 cm³/mol. The molecular weight excluding hydrogens is 268 g/mol. The number of aryl methyl sites for hydroxylation is 1. The van der Waals surface area contributed by atoms with Crippen molar-refractivity contribution in [1.29, 1.82) is 0 Å². The lowest BCUT2D eigenvalue weighted by molar-refractivity contribution is -0.119. The molecule has 1 saturated carbocycles. The van der Waals surface area contributed by atoms with E-state index in [1.54, 1.807) is 6.92 Å². The summed E-state index contributed by atoms with van der Waals surface area (Å²) in [5.41, 5.74) is 1.03. The zero-order valence-corrected chi connectivity index (χ0v) is 12.5. The highest BCUT2D eigenvalue weighted by atomic mass is 16.3. The molecule has 114 valence electrons. The number of carbonyl (C=O) groups excluding carboxylic acids is 1.